The van der Waals surface area contributed by atoms with Crippen LogP contribution in [0.2, 0.25) is 0 Å². The first-order chi connectivity index (χ1) is 14.5. The van der Waals surface area contributed by atoms with Crippen LogP contribution >= 0.6 is 22.7 Å². The molecule has 154 valence electrons. The van der Waals surface area contributed by atoms with Crippen molar-refractivity contribution in [2.45, 2.75) is 33.9 Å². The van der Waals surface area contributed by atoms with Crippen molar-refractivity contribution in [3.05, 3.63) is 69.0 Å². The van der Waals surface area contributed by atoms with Gasteiger partial charge in [-0.3, -0.25) is 14.8 Å². The molecule has 0 fully saturated rings. The predicted octanol–water partition coefficient (Wildman–Crippen LogP) is 5.54. The van der Waals surface area contributed by atoms with Crippen LogP contribution in [0.3, 0.4) is 0 Å². The van der Waals surface area contributed by atoms with Crippen LogP contribution in [-0.2, 0) is 13.2 Å². The van der Waals surface area contributed by atoms with E-state index < -0.39 is 0 Å². The SMILES string of the molecule is CCn1cc(-c2csc(NC(=O)c3cc(COc4ccc(C)cc4)cs3)n2)c(C)n1. The maximum atomic E-state index is 12.6. The van der Waals surface area contributed by atoms with Gasteiger partial charge in [0.2, 0.25) is 0 Å². The van der Waals surface area contributed by atoms with E-state index in [1.54, 1.807) is 0 Å². The molecular formula is C22H22N4O2S2. The summed E-state index contributed by atoms with van der Waals surface area (Å²) in [6, 6.07) is 9.78. The predicted molar refractivity (Wildman–Crippen MR) is 122 cm³/mol. The maximum absolute atomic E-state index is 12.6. The lowest BCUT2D eigenvalue weighted by Gasteiger charge is -2.04. The minimum Gasteiger partial charge on any atom is -0.489 e. The quantitative estimate of drug-likeness (QED) is 0.411. The summed E-state index contributed by atoms with van der Waals surface area (Å²) in [7, 11) is 0. The molecule has 0 spiro atoms. The molecule has 4 aromatic rings. The van der Waals surface area contributed by atoms with Crippen molar-refractivity contribution in [3.63, 3.8) is 0 Å². The largest absolute Gasteiger partial charge is 0.489 e. The Labute approximate surface area is 183 Å². The molecule has 0 aliphatic carbocycles. The number of nitrogens with zero attached hydrogens (tertiary/aromatic N) is 3. The monoisotopic (exact) mass is 438 g/mol. The summed E-state index contributed by atoms with van der Waals surface area (Å²) in [4.78, 5) is 17.8. The first-order valence-electron chi connectivity index (χ1n) is 9.60. The molecule has 4 rings (SSSR count). The third kappa shape index (κ3) is 4.60. The van der Waals surface area contributed by atoms with Gasteiger partial charge in [-0.25, -0.2) is 4.98 Å². The number of amides is 1. The van der Waals surface area contributed by atoms with Crippen LogP contribution in [0.1, 0.15) is 33.4 Å². The third-order valence-electron chi connectivity index (χ3n) is 4.57. The molecule has 30 heavy (non-hydrogen) atoms. The molecule has 1 aromatic carbocycles. The second-order valence-electron chi connectivity index (χ2n) is 6.90. The summed E-state index contributed by atoms with van der Waals surface area (Å²) in [6.45, 7) is 7.28. The second-order valence-corrected chi connectivity index (χ2v) is 8.67. The third-order valence-corrected chi connectivity index (χ3v) is 6.31. The number of ether oxygens (including phenoxy) is 1. The highest BCUT2D eigenvalue weighted by molar-refractivity contribution is 7.14. The topological polar surface area (TPSA) is 69.0 Å². The Hall–Kier alpha value is -2.97. The van der Waals surface area contributed by atoms with Crippen LogP contribution in [0.15, 0.2) is 47.3 Å². The van der Waals surface area contributed by atoms with Crippen LogP contribution in [0, 0.1) is 13.8 Å². The molecule has 0 saturated carbocycles. The van der Waals surface area contributed by atoms with Gasteiger partial charge in [0.05, 0.1) is 16.3 Å². The minimum atomic E-state index is -0.163. The van der Waals surface area contributed by atoms with E-state index >= 15 is 0 Å². The van der Waals surface area contributed by atoms with Gasteiger partial charge >= 0.3 is 0 Å². The standard InChI is InChI=1S/C22H22N4O2S2/c1-4-26-10-18(15(3)25-26)19-13-30-22(23-19)24-21(27)20-9-16(12-29-20)11-28-17-7-5-14(2)6-8-17/h5-10,12-13H,4,11H2,1-3H3,(H,23,24,27). The van der Waals surface area contributed by atoms with Gasteiger partial charge in [-0.15, -0.1) is 22.7 Å². The number of nitrogens with one attached hydrogen (secondary N) is 1. The lowest BCUT2D eigenvalue weighted by Crippen LogP contribution is -2.09. The molecule has 0 radical (unpaired) electrons. The Morgan fingerprint density at radius 3 is 2.70 bits per heavy atom. The molecule has 0 aliphatic heterocycles. The summed E-state index contributed by atoms with van der Waals surface area (Å²) >= 11 is 2.81. The summed E-state index contributed by atoms with van der Waals surface area (Å²) < 4.78 is 7.67. The van der Waals surface area contributed by atoms with E-state index in [4.69, 9.17) is 4.74 Å². The molecule has 0 saturated heterocycles. The van der Waals surface area contributed by atoms with E-state index in [1.807, 2.05) is 72.7 Å². The zero-order valence-corrected chi connectivity index (χ0v) is 18.6. The molecule has 0 unspecified atom stereocenters. The number of carbonyl (C=O) groups excluding carboxylic acids is 1. The number of anilines is 1. The molecular weight excluding hydrogens is 416 g/mol. The van der Waals surface area contributed by atoms with E-state index in [1.165, 1.54) is 28.2 Å². The number of hydrogen-bond donors (Lipinski definition) is 1. The fourth-order valence-electron chi connectivity index (χ4n) is 2.92. The molecule has 3 aromatic heterocycles. The molecule has 0 bridgehead atoms. The smallest absolute Gasteiger partial charge is 0.267 e. The Morgan fingerprint density at radius 2 is 1.97 bits per heavy atom. The molecule has 0 atom stereocenters. The first kappa shape index (κ1) is 20.3. The number of thiophene rings is 1. The van der Waals surface area contributed by atoms with Gasteiger partial charge in [0, 0.05) is 29.2 Å². The van der Waals surface area contributed by atoms with E-state index in [9.17, 15) is 4.79 Å². The number of benzene rings is 1. The van der Waals surface area contributed by atoms with Gasteiger partial charge in [-0.1, -0.05) is 17.7 Å². The molecule has 1 N–H and O–H groups in total. The number of aryl methyl sites for hydroxylation is 3. The highest BCUT2D eigenvalue weighted by Crippen LogP contribution is 2.28. The summed E-state index contributed by atoms with van der Waals surface area (Å²) in [5.41, 5.74) is 4.90. The van der Waals surface area contributed by atoms with Crippen molar-refractivity contribution in [1.82, 2.24) is 14.8 Å². The van der Waals surface area contributed by atoms with Crippen LogP contribution in [0.4, 0.5) is 5.13 Å². The zero-order chi connectivity index (χ0) is 21.1. The van der Waals surface area contributed by atoms with Gasteiger partial charge < -0.3 is 4.74 Å². The fraction of sp³-hybridized carbons (Fsp3) is 0.227. The van der Waals surface area contributed by atoms with Gasteiger partial charge in [0.15, 0.2) is 5.13 Å². The Balaban J connectivity index is 1.38. The van der Waals surface area contributed by atoms with Gasteiger partial charge in [0.25, 0.3) is 5.91 Å². The molecule has 8 heteroatoms. The lowest BCUT2D eigenvalue weighted by molar-refractivity contribution is 0.103. The van der Waals surface area contributed by atoms with Crippen LogP contribution in [0.25, 0.3) is 11.3 Å². The van der Waals surface area contributed by atoms with E-state index in [2.05, 4.69) is 15.4 Å². The summed E-state index contributed by atoms with van der Waals surface area (Å²) in [5, 5.41) is 11.8. The van der Waals surface area contributed by atoms with Crippen molar-refractivity contribution in [2.24, 2.45) is 0 Å². The zero-order valence-electron chi connectivity index (χ0n) is 17.0. The number of rotatable bonds is 7. The van der Waals surface area contributed by atoms with Crippen molar-refractivity contribution in [2.75, 3.05) is 5.32 Å². The van der Waals surface area contributed by atoms with Crippen LogP contribution in [0.5, 0.6) is 5.75 Å². The average Bonchev–Trinajstić information content (AvgIpc) is 3.47. The molecule has 0 aliphatic rings. The van der Waals surface area contributed by atoms with Gasteiger partial charge in [0.1, 0.15) is 12.4 Å². The van der Waals surface area contributed by atoms with E-state index in [-0.39, 0.29) is 5.91 Å². The summed E-state index contributed by atoms with van der Waals surface area (Å²) in [6.07, 6.45) is 1.98. The number of carbonyl (C=O) groups is 1. The maximum Gasteiger partial charge on any atom is 0.267 e. The second kappa shape index (κ2) is 8.81. The van der Waals surface area contributed by atoms with E-state index in [0.717, 1.165) is 34.8 Å². The van der Waals surface area contributed by atoms with Crippen molar-refractivity contribution < 1.29 is 9.53 Å². The Bertz CT molecular complexity index is 1160. The average molecular weight is 439 g/mol. The molecule has 6 nitrogen and oxygen atoms in total. The van der Waals surface area contributed by atoms with Crippen molar-refractivity contribution >= 4 is 33.7 Å². The van der Waals surface area contributed by atoms with Gasteiger partial charge in [-0.05, 0) is 44.4 Å². The number of hydrogen-bond acceptors (Lipinski definition) is 6. The highest BCUT2D eigenvalue weighted by Gasteiger charge is 2.15. The highest BCUT2D eigenvalue weighted by atomic mass is 32.1. The number of aromatic nitrogens is 3. The fourth-order valence-corrected chi connectivity index (χ4v) is 4.41. The lowest BCUT2D eigenvalue weighted by atomic mass is 10.2. The first-order valence-corrected chi connectivity index (χ1v) is 11.4. The Morgan fingerprint density at radius 1 is 1.17 bits per heavy atom. The minimum absolute atomic E-state index is 0.163. The Kier molecular flexibility index (Phi) is 5.96. The summed E-state index contributed by atoms with van der Waals surface area (Å²) in [5.74, 6) is 0.651. The van der Waals surface area contributed by atoms with Crippen molar-refractivity contribution in [3.8, 4) is 17.0 Å². The van der Waals surface area contributed by atoms with Crippen molar-refractivity contribution in [1.29, 1.82) is 0 Å². The van der Waals surface area contributed by atoms with Gasteiger partial charge in [-0.2, -0.15) is 5.10 Å². The van der Waals surface area contributed by atoms with E-state index in [0.29, 0.717) is 16.6 Å². The molecule has 1 amide bonds. The number of thiazole rings is 1. The van der Waals surface area contributed by atoms with Crippen LogP contribution < -0.4 is 10.1 Å². The van der Waals surface area contributed by atoms with Crippen LogP contribution in [-0.4, -0.2) is 20.7 Å². The normalized spacial score (nSPS) is 10.9. The molecule has 3 heterocycles.